The van der Waals surface area contributed by atoms with Crippen LogP contribution in [0, 0.1) is 5.82 Å². The second-order valence-corrected chi connectivity index (χ2v) is 10.8. The second kappa shape index (κ2) is 11.5. The minimum absolute atomic E-state index is 0.0252. The van der Waals surface area contributed by atoms with Crippen molar-refractivity contribution in [2.45, 2.75) is 32.0 Å². The van der Waals surface area contributed by atoms with Crippen molar-refractivity contribution in [2.24, 2.45) is 0 Å². The van der Waals surface area contributed by atoms with Crippen molar-refractivity contribution >= 4 is 28.3 Å². The monoisotopic (exact) mass is 590 g/mol. The first-order chi connectivity index (χ1) is 20.7. The highest BCUT2D eigenvalue weighted by Gasteiger charge is 2.28. The van der Waals surface area contributed by atoms with E-state index in [1.807, 2.05) is 4.90 Å². The second-order valence-electron chi connectivity index (χ2n) is 10.8. The number of hydrogen-bond acceptors (Lipinski definition) is 9. The number of halogens is 1. The Morgan fingerprint density at radius 3 is 2.44 bits per heavy atom. The Kier molecular flexibility index (Phi) is 7.57. The van der Waals surface area contributed by atoms with Gasteiger partial charge in [-0.3, -0.25) is 14.5 Å². The maximum absolute atomic E-state index is 15.3. The number of anilines is 1. The van der Waals surface area contributed by atoms with E-state index in [0.717, 1.165) is 12.8 Å². The van der Waals surface area contributed by atoms with Crippen LogP contribution in [-0.2, 0) is 13.1 Å². The van der Waals surface area contributed by atoms with Crippen LogP contribution in [0.15, 0.2) is 47.5 Å². The number of hydrogen-bond donors (Lipinski definition) is 1. The van der Waals surface area contributed by atoms with E-state index in [0.29, 0.717) is 66.7 Å². The van der Waals surface area contributed by atoms with Crippen molar-refractivity contribution in [1.29, 1.82) is 0 Å². The van der Waals surface area contributed by atoms with Crippen molar-refractivity contribution in [3.63, 3.8) is 0 Å². The number of carbonyl (C=O) groups excluding carboxylic acids is 1. The molecule has 0 amide bonds. The number of carbonyl (C=O) groups is 2. The fourth-order valence-corrected chi connectivity index (χ4v) is 5.52. The number of carboxylic acids is 1. The molecule has 0 bridgehead atoms. The van der Waals surface area contributed by atoms with E-state index in [1.165, 1.54) is 31.2 Å². The Balaban J connectivity index is 1.11. The summed E-state index contributed by atoms with van der Waals surface area (Å²) < 4.78 is 29.1. The lowest BCUT2D eigenvalue weighted by molar-refractivity contribution is 0.0694. The first-order valence-electron chi connectivity index (χ1n) is 14.0. The molecule has 2 aliphatic rings. The van der Waals surface area contributed by atoms with E-state index in [2.05, 4.69) is 15.2 Å². The van der Waals surface area contributed by atoms with Crippen molar-refractivity contribution in [2.75, 3.05) is 45.3 Å². The van der Waals surface area contributed by atoms with Gasteiger partial charge in [0.2, 0.25) is 5.43 Å². The molecule has 2 fully saturated rings. The van der Waals surface area contributed by atoms with Gasteiger partial charge in [-0.15, -0.1) is 5.10 Å². The Labute approximate surface area is 245 Å². The maximum Gasteiger partial charge on any atom is 0.341 e. The Morgan fingerprint density at radius 1 is 1.02 bits per heavy atom. The van der Waals surface area contributed by atoms with Gasteiger partial charge in [-0.05, 0) is 43.2 Å². The number of rotatable bonds is 10. The predicted molar refractivity (Wildman–Crippen MR) is 155 cm³/mol. The van der Waals surface area contributed by atoms with Gasteiger partial charge in [0, 0.05) is 55.9 Å². The molecule has 4 aromatic rings. The summed E-state index contributed by atoms with van der Waals surface area (Å²) in [5.74, 6) is -0.996. The maximum atomic E-state index is 15.3. The topological polar surface area (TPSA) is 132 Å². The fourth-order valence-electron chi connectivity index (χ4n) is 5.52. The van der Waals surface area contributed by atoms with Crippen LogP contribution in [0.2, 0.25) is 0 Å². The Morgan fingerprint density at radius 2 is 1.77 bits per heavy atom. The van der Waals surface area contributed by atoms with Gasteiger partial charge in [-0.2, -0.15) is 0 Å². The molecule has 0 unspecified atom stereocenters. The Bertz CT molecular complexity index is 1770. The number of aromatic nitrogens is 4. The molecule has 6 rings (SSSR count). The summed E-state index contributed by atoms with van der Waals surface area (Å²) in [5, 5.41) is 17.9. The normalized spacial score (nSPS) is 15.6. The third kappa shape index (κ3) is 5.67. The van der Waals surface area contributed by atoms with E-state index >= 15 is 4.39 Å². The van der Waals surface area contributed by atoms with Crippen molar-refractivity contribution in [1.82, 2.24) is 24.5 Å². The first kappa shape index (κ1) is 28.3. The van der Waals surface area contributed by atoms with Crippen molar-refractivity contribution < 1.29 is 28.6 Å². The number of methoxy groups -OCH3 is 2. The zero-order chi connectivity index (χ0) is 30.2. The summed E-state index contributed by atoms with van der Waals surface area (Å²) in [6, 6.07) is 7.95. The molecule has 12 nitrogen and oxygen atoms in total. The standard InChI is InChI=1S/C30H31FN6O6/c1-42-27-6-3-18(11-28(27)43-2)26(38)17-36-15-19(32-33-36)14-34-7-9-35(10-8-34)25-13-24-21(12-23(25)31)29(39)22(30(40)41)16-37(24)20-4-5-20/h3,6,11-13,15-16,20H,4-5,7-10,14,17H2,1-2H3,(H,40,41). The highest BCUT2D eigenvalue weighted by molar-refractivity contribution is 5.96. The summed E-state index contributed by atoms with van der Waals surface area (Å²) in [4.78, 5) is 41.3. The van der Waals surface area contributed by atoms with Gasteiger partial charge in [0.25, 0.3) is 0 Å². The molecule has 1 aliphatic carbocycles. The number of carboxylic acid groups (broad SMARTS) is 1. The van der Waals surface area contributed by atoms with Gasteiger partial charge in [-0.1, -0.05) is 5.21 Å². The largest absolute Gasteiger partial charge is 0.493 e. The van der Waals surface area contributed by atoms with Gasteiger partial charge < -0.3 is 24.0 Å². The number of fused-ring (bicyclic) bond motifs is 1. The van der Waals surface area contributed by atoms with E-state index in [-0.39, 0.29) is 29.3 Å². The van der Waals surface area contributed by atoms with Gasteiger partial charge in [0.15, 0.2) is 17.3 Å². The lowest BCUT2D eigenvalue weighted by atomic mass is 10.1. The van der Waals surface area contributed by atoms with Crippen LogP contribution in [0.25, 0.3) is 10.9 Å². The first-order valence-corrected chi connectivity index (χ1v) is 14.0. The third-order valence-corrected chi connectivity index (χ3v) is 7.97. The lowest BCUT2D eigenvalue weighted by Crippen LogP contribution is -2.46. The molecular formula is C30H31FN6O6. The number of pyridine rings is 1. The van der Waals surface area contributed by atoms with Gasteiger partial charge in [0.1, 0.15) is 17.9 Å². The molecule has 0 atom stereocenters. The van der Waals surface area contributed by atoms with Crippen LogP contribution in [0.3, 0.4) is 0 Å². The summed E-state index contributed by atoms with van der Waals surface area (Å²) >= 11 is 0. The van der Waals surface area contributed by atoms with Gasteiger partial charge in [-0.25, -0.2) is 13.9 Å². The van der Waals surface area contributed by atoms with Crippen LogP contribution < -0.4 is 19.8 Å². The third-order valence-electron chi connectivity index (χ3n) is 7.97. The van der Waals surface area contributed by atoms with Crippen LogP contribution in [0.1, 0.15) is 45.3 Å². The highest BCUT2D eigenvalue weighted by atomic mass is 19.1. The van der Waals surface area contributed by atoms with Gasteiger partial charge >= 0.3 is 5.97 Å². The summed E-state index contributed by atoms with van der Waals surface area (Å²) in [6.07, 6.45) is 4.91. The van der Waals surface area contributed by atoms with Crippen LogP contribution >= 0.6 is 0 Å². The van der Waals surface area contributed by atoms with Crippen molar-refractivity contribution in [3.8, 4) is 11.5 Å². The van der Waals surface area contributed by atoms with Crippen LogP contribution in [0.5, 0.6) is 11.5 Å². The summed E-state index contributed by atoms with van der Waals surface area (Å²) in [5.41, 5.74) is 1.12. The lowest BCUT2D eigenvalue weighted by Gasteiger charge is -2.36. The smallest absolute Gasteiger partial charge is 0.341 e. The number of aromatic carboxylic acids is 1. The minimum atomic E-state index is -1.31. The number of benzene rings is 2. The zero-order valence-electron chi connectivity index (χ0n) is 23.8. The van der Waals surface area contributed by atoms with Crippen LogP contribution in [0.4, 0.5) is 10.1 Å². The minimum Gasteiger partial charge on any atom is -0.493 e. The molecule has 1 saturated heterocycles. The molecule has 13 heteroatoms. The number of nitrogens with zero attached hydrogens (tertiary/aromatic N) is 6. The van der Waals surface area contributed by atoms with E-state index in [1.54, 1.807) is 35.0 Å². The molecule has 0 spiro atoms. The highest BCUT2D eigenvalue weighted by Crippen LogP contribution is 2.38. The molecule has 1 saturated carbocycles. The zero-order valence-corrected chi connectivity index (χ0v) is 23.8. The van der Waals surface area contributed by atoms with E-state index in [9.17, 15) is 19.5 Å². The van der Waals surface area contributed by atoms with Crippen LogP contribution in [-0.4, -0.2) is 81.7 Å². The molecule has 1 N–H and O–H groups in total. The van der Waals surface area contributed by atoms with E-state index in [4.69, 9.17) is 9.47 Å². The average molecular weight is 591 g/mol. The molecule has 2 aromatic heterocycles. The number of Topliss-reactive ketones (excluding diaryl/α,β-unsaturated/α-hetero) is 1. The van der Waals surface area contributed by atoms with Gasteiger partial charge in [0.05, 0.1) is 37.3 Å². The number of piperazine rings is 1. The molecule has 1 aliphatic heterocycles. The molecule has 0 radical (unpaired) electrons. The molecular weight excluding hydrogens is 559 g/mol. The average Bonchev–Trinajstić information content (AvgIpc) is 3.76. The number of ketones is 1. The molecule has 2 aromatic carbocycles. The summed E-state index contributed by atoms with van der Waals surface area (Å²) in [6.45, 7) is 2.93. The van der Waals surface area contributed by atoms with Crippen molar-refractivity contribution in [3.05, 3.63) is 75.6 Å². The predicted octanol–water partition coefficient (Wildman–Crippen LogP) is 2.99. The molecule has 3 heterocycles. The molecule has 43 heavy (non-hydrogen) atoms. The SMILES string of the molecule is COc1ccc(C(=O)Cn2cc(CN3CCN(c4cc5c(cc4F)c(=O)c(C(=O)O)cn5C4CC4)CC3)nn2)cc1OC. The summed E-state index contributed by atoms with van der Waals surface area (Å²) in [7, 11) is 3.05. The Hall–Kier alpha value is -4.78. The quantitative estimate of drug-likeness (QED) is 0.275. The fraction of sp³-hybridized carbons (Fsp3) is 0.367. The number of ether oxygens (including phenoxy) is 2. The molecule has 224 valence electrons. The van der Waals surface area contributed by atoms with E-state index < -0.39 is 17.2 Å².